The van der Waals surface area contributed by atoms with Gasteiger partial charge in [-0.1, -0.05) is 6.92 Å². The summed E-state index contributed by atoms with van der Waals surface area (Å²) in [7, 11) is 0. The Hall–Kier alpha value is -1.38. The summed E-state index contributed by atoms with van der Waals surface area (Å²) in [6, 6.07) is 4.61. The molecule has 0 saturated heterocycles. The molecule has 0 aliphatic heterocycles. The van der Waals surface area contributed by atoms with Crippen molar-refractivity contribution in [2.45, 2.75) is 33.1 Å². The van der Waals surface area contributed by atoms with Gasteiger partial charge in [0.15, 0.2) is 0 Å². The minimum absolute atomic E-state index is 0.0341. The molecule has 1 amide bonds. The number of halogens is 1. The third kappa shape index (κ3) is 3.09. The Morgan fingerprint density at radius 1 is 1.44 bits per heavy atom. The summed E-state index contributed by atoms with van der Waals surface area (Å²) in [6.07, 6.45) is 3.42. The molecule has 1 fully saturated rings. The number of aryl methyl sites for hydroxylation is 1. The average Bonchev–Trinajstić information content (AvgIpc) is 3.15. The fourth-order valence-electron chi connectivity index (χ4n) is 2.12. The Labute approximate surface area is 108 Å². The van der Waals surface area contributed by atoms with Crippen LogP contribution in [0.2, 0.25) is 0 Å². The second kappa shape index (κ2) is 5.51. The zero-order chi connectivity index (χ0) is 13.1. The largest absolute Gasteiger partial charge is 0.338 e. The van der Waals surface area contributed by atoms with Crippen molar-refractivity contribution in [2.24, 2.45) is 5.92 Å². The minimum atomic E-state index is -0.254. The molecule has 0 bridgehead atoms. The topological polar surface area (TPSA) is 20.3 Å². The molecule has 0 N–H and O–H groups in total. The number of carbonyl (C=O) groups excluding carboxylic acids is 1. The van der Waals surface area contributed by atoms with Crippen LogP contribution in [0.25, 0.3) is 0 Å². The van der Waals surface area contributed by atoms with Gasteiger partial charge < -0.3 is 4.90 Å². The molecule has 1 saturated carbocycles. The van der Waals surface area contributed by atoms with Crippen molar-refractivity contribution >= 4 is 5.91 Å². The smallest absolute Gasteiger partial charge is 0.253 e. The number of benzene rings is 1. The summed E-state index contributed by atoms with van der Waals surface area (Å²) in [6.45, 7) is 5.40. The van der Waals surface area contributed by atoms with E-state index in [1.807, 2.05) is 4.90 Å². The van der Waals surface area contributed by atoms with E-state index in [-0.39, 0.29) is 11.7 Å². The summed E-state index contributed by atoms with van der Waals surface area (Å²) >= 11 is 0. The zero-order valence-corrected chi connectivity index (χ0v) is 11.1. The van der Waals surface area contributed by atoms with E-state index in [4.69, 9.17) is 0 Å². The molecular weight excluding hydrogens is 229 g/mol. The summed E-state index contributed by atoms with van der Waals surface area (Å²) in [5, 5.41) is 0. The van der Waals surface area contributed by atoms with Gasteiger partial charge >= 0.3 is 0 Å². The first-order chi connectivity index (χ1) is 8.61. The molecule has 1 aromatic rings. The van der Waals surface area contributed by atoms with Gasteiger partial charge in [0.25, 0.3) is 5.91 Å². The highest BCUT2D eigenvalue weighted by Crippen LogP contribution is 2.30. The van der Waals surface area contributed by atoms with Crippen molar-refractivity contribution < 1.29 is 9.18 Å². The molecule has 18 heavy (non-hydrogen) atoms. The molecule has 0 unspecified atom stereocenters. The first kappa shape index (κ1) is 13.1. The summed E-state index contributed by atoms with van der Waals surface area (Å²) in [5.41, 5.74) is 1.13. The van der Waals surface area contributed by atoms with Crippen LogP contribution in [0.1, 0.15) is 42.1 Å². The second-order valence-electron chi connectivity index (χ2n) is 5.16. The molecule has 0 radical (unpaired) electrons. The lowest BCUT2D eigenvalue weighted by Gasteiger charge is -2.22. The molecule has 1 aliphatic carbocycles. The van der Waals surface area contributed by atoms with Gasteiger partial charge in [0.2, 0.25) is 0 Å². The lowest BCUT2D eigenvalue weighted by molar-refractivity contribution is 0.0747. The number of hydrogen-bond acceptors (Lipinski definition) is 1. The van der Waals surface area contributed by atoms with Crippen LogP contribution in [0.5, 0.6) is 0 Å². The van der Waals surface area contributed by atoms with Crippen molar-refractivity contribution in [1.82, 2.24) is 4.90 Å². The Kier molecular flexibility index (Phi) is 4.00. The van der Waals surface area contributed by atoms with Crippen molar-refractivity contribution in [2.75, 3.05) is 13.1 Å². The van der Waals surface area contributed by atoms with Crippen LogP contribution in [0.4, 0.5) is 4.39 Å². The molecule has 1 aromatic carbocycles. The van der Waals surface area contributed by atoms with Crippen LogP contribution in [0.3, 0.4) is 0 Å². The molecule has 98 valence electrons. The third-order valence-corrected chi connectivity index (χ3v) is 3.36. The number of hydrogen-bond donors (Lipinski definition) is 0. The van der Waals surface area contributed by atoms with Crippen LogP contribution in [0.15, 0.2) is 18.2 Å². The normalized spacial score (nSPS) is 14.6. The van der Waals surface area contributed by atoms with Crippen LogP contribution in [-0.4, -0.2) is 23.9 Å². The maximum atomic E-state index is 13.2. The van der Waals surface area contributed by atoms with Crippen molar-refractivity contribution in [1.29, 1.82) is 0 Å². The van der Waals surface area contributed by atoms with E-state index in [0.717, 1.165) is 19.5 Å². The van der Waals surface area contributed by atoms with E-state index in [0.29, 0.717) is 17.0 Å². The third-order valence-electron chi connectivity index (χ3n) is 3.36. The highest BCUT2D eigenvalue weighted by atomic mass is 19.1. The highest BCUT2D eigenvalue weighted by Gasteiger charge is 2.26. The molecule has 0 spiro atoms. The van der Waals surface area contributed by atoms with Gasteiger partial charge in [0, 0.05) is 18.7 Å². The lowest BCUT2D eigenvalue weighted by Crippen LogP contribution is -2.33. The number of nitrogens with zero attached hydrogens (tertiary/aromatic N) is 1. The standard InChI is InChI=1S/C15H20FNO/c1-3-8-17(10-12-4-5-12)15(18)13-6-7-14(16)11(2)9-13/h6-7,9,12H,3-5,8,10H2,1-2H3. The van der Waals surface area contributed by atoms with Crippen molar-refractivity contribution in [3.8, 4) is 0 Å². The van der Waals surface area contributed by atoms with E-state index < -0.39 is 0 Å². The molecule has 1 aliphatic rings. The van der Waals surface area contributed by atoms with Crippen LogP contribution in [0, 0.1) is 18.7 Å². The summed E-state index contributed by atoms with van der Waals surface area (Å²) < 4.78 is 13.2. The van der Waals surface area contributed by atoms with Crippen LogP contribution in [-0.2, 0) is 0 Å². The molecule has 3 heteroatoms. The van der Waals surface area contributed by atoms with E-state index in [2.05, 4.69) is 6.92 Å². The molecular formula is C15H20FNO. The van der Waals surface area contributed by atoms with Gasteiger partial charge in [0.1, 0.15) is 5.82 Å². The minimum Gasteiger partial charge on any atom is -0.338 e. The average molecular weight is 249 g/mol. The van der Waals surface area contributed by atoms with Gasteiger partial charge in [-0.2, -0.15) is 0 Å². The molecule has 2 rings (SSSR count). The van der Waals surface area contributed by atoms with E-state index in [1.54, 1.807) is 19.1 Å². The quantitative estimate of drug-likeness (QED) is 0.783. The van der Waals surface area contributed by atoms with Crippen LogP contribution < -0.4 is 0 Å². The fraction of sp³-hybridized carbons (Fsp3) is 0.533. The van der Waals surface area contributed by atoms with E-state index in [1.165, 1.54) is 18.9 Å². The Balaban J connectivity index is 2.12. The van der Waals surface area contributed by atoms with Crippen molar-refractivity contribution in [3.63, 3.8) is 0 Å². The van der Waals surface area contributed by atoms with Crippen LogP contribution >= 0.6 is 0 Å². The zero-order valence-electron chi connectivity index (χ0n) is 11.1. The molecule has 0 heterocycles. The number of amides is 1. The number of carbonyl (C=O) groups is 1. The first-order valence-electron chi connectivity index (χ1n) is 6.67. The molecule has 0 aromatic heterocycles. The number of rotatable bonds is 5. The second-order valence-corrected chi connectivity index (χ2v) is 5.16. The predicted octanol–water partition coefficient (Wildman–Crippen LogP) is 3.40. The maximum Gasteiger partial charge on any atom is 0.253 e. The van der Waals surface area contributed by atoms with Gasteiger partial charge in [-0.15, -0.1) is 0 Å². The SMILES string of the molecule is CCCN(CC1CC1)C(=O)c1ccc(F)c(C)c1. The first-order valence-corrected chi connectivity index (χ1v) is 6.67. The fourth-order valence-corrected chi connectivity index (χ4v) is 2.12. The van der Waals surface area contributed by atoms with Gasteiger partial charge in [-0.3, -0.25) is 4.79 Å². The summed E-state index contributed by atoms with van der Waals surface area (Å²) in [4.78, 5) is 14.3. The van der Waals surface area contributed by atoms with E-state index in [9.17, 15) is 9.18 Å². The maximum absolute atomic E-state index is 13.2. The molecule has 2 nitrogen and oxygen atoms in total. The summed E-state index contributed by atoms with van der Waals surface area (Å²) in [5.74, 6) is 0.463. The Morgan fingerprint density at radius 3 is 2.72 bits per heavy atom. The molecule has 0 atom stereocenters. The predicted molar refractivity (Wildman–Crippen MR) is 70.1 cm³/mol. The Morgan fingerprint density at radius 2 is 2.17 bits per heavy atom. The van der Waals surface area contributed by atoms with E-state index >= 15 is 0 Å². The lowest BCUT2D eigenvalue weighted by atomic mass is 10.1. The monoisotopic (exact) mass is 249 g/mol. The van der Waals surface area contributed by atoms with Gasteiger partial charge in [-0.25, -0.2) is 4.39 Å². The van der Waals surface area contributed by atoms with Gasteiger partial charge in [0.05, 0.1) is 0 Å². The van der Waals surface area contributed by atoms with Crippen molar-refractivity contribution in [3.05, 3.63) is 35.1 Å². The Bertz CT molecular complexity index is 440. The highest BCUT2D eigenvalue weighted by molar-refractivity contribution is 5.94. The van der Waals surface area contributed by atoms with Gasteiger partial charge in [-0.05, 0) is 55.9 Å².